The normalized spacial score (nSPS) is 23.5. The molecule has 4 heteroatoms. The van der Waals surface area contributed by atoms with Gasteiger partial charge in [-0.2, -0.15) is 0 Å². The molecule has 3 nitrogen and oxygen atoms in total. The van der Waals surface area contributed by atoms with E-state index in [-0.39, 0.29) is 11.7 Å². The van der Waals surface area contributed by atoms with E-state index in [0.717, 1.165) is 29.7 Å². The molecule has 0 aromatic heterocycles. The number of benzene rings is 1. The van der Waals surface area contributed by atoms with Gasteiger partial charge in [0.1, 0.15) is 0 Å². The Morgan fingerprint density at radius 2 is 2.21 bits per heavy atom. The van der Waals surface area contributed by atoms with E-state index in [4.69, 9.17) is 10.5 Å². The summed E-state index contributed by atoms with van der Waals surface area (Å²) in [5.74, 6) is 0. The summed E-state index contributed by atoms with van der Waals surface area (Å²) in [7, 11) is 0. The minimum Gasteiger partial charge on any atom is -0.370 e. The van der Waals surface area contributed by atoms with Crippen LogP contribution < -0.4 is 5.73 Å². The first-order valence-corrected chi connectivity index (χ1v) is 7.56. The van der Waals surface area contributed by atoms with Crippen LogP contribution in [0.15, 0.2) is 22.7 Å². The van der Waals surface area contributed by atoms with Crippen LogP contribution in [-0.4, -0.2) is 29.7 Å². The molecule has 1 atom stereocenters. The Bertz CT molecular complexity index is 448. The average molecular weight is 327 g/mol. The van der Waals surface area contributed by atoms with E-state index in [1.54, 1.807) is 0 Å². The number of morpholine rings is 1. The van der Waals surface area contributed by atoms with Crippen LogP contribution in [0.25, 0.3) is 0 Å². The molecule has 1 aromatic rings. The zero-order chi connectivity index (χ0) is 14.0. The highest BCUT2D eigenvalue weighted by Gasteiger charge is 2.31. The van der Waals surface area contributed by atoms with Gasteiger partial charge in [-0.3, -0.25) is 4.90 Å². The average Bonchev–Trinajstić information content (AvgIpc) is 2.29. The topological polar surface area (TPSA) is 38.5 Å². The van der Waals surface area contributed by atoms with Gasteiger partial charge in [-0.05, 0) is 38.0 Å². The van der Waals surface area contributed by atoms with E-state index in [9.17, 15) is 0 Å². The molecule has 1 saturated heterocycles. The molecule has 1 aromatic carbocycles. The number of halogens is 1. The van der Waals surface area contributed by atoms with Crippen LogP contribution in [0.4, 0.5) is 0 Å². The zero-order valence-electron chi connectivity index (χ0n) is 11.9. The standard InChI is InChI=1S/C15H23BrN2O/c1-11-8-18(10-15(2,3)19-11)9-13-5-4-12(7-17)6-14(13)16/h4-6,11H,7-10,17H2,1-3H3. The molecule has 0 radical (unpaired) electrons. The van der Waals surface area contributed by atoms with Crippen molar-refractivity contribution < 1.29 is 4.74 Å². The molecule has 0 aliphatic carbocycles. The van der Waals surface area contributed by atoms with Crippen LogP contribution in [-0.2, 0) is 17.8 Å². The first-order chi connectivity index (χ1) is 8.89. The number of hydrogen-bond donors (Lipinski definition) is 1. The summed E-state index contributed by atoms with van der Waals surface area (Å²) in [6, 6.07) is 6.39. The van der Waals surface area contributed by atoms with Crippen molar-refractivity contribution in [2.45, 2.75) is 45.6 Å². The third-order valence-electron chi connectivity index (χ3n) is 3.39. The van der Waals surface area contributed by atoms with Crippen LogP contribution in [0.2, 0.25) is 0 Å². The highest BCUT2D eigenvalue weighted by atomic mass is 79.9. The lowest BCUT2D eigenvalue weighted by molar-refractivity contribution is -0.130. The lowest BCUT2D eigenvalue weighted by Crippen LogP contribution is -2.51. The maximum absolute atomic E-state index is 5.94. The van der Waals surface area contributed by atoms with Gasteiger partial charge < -0.3 is 10.5 Å². The molecule has 0 bridgehead atoms. The van der Waals surface area contributed by atoms with Crippen LogP contribution in [0.5, 0.6) is 0 Å². The fourth-order valence-electron chi connectivity index (χ4n) is 2.79. The molecule has 2 rings (SSSR count). The van der Waals surface area contributed by atoms with E-state index >= 15 is 0 Å². The van der Waals surface area contributed by atoms with E-state index < -0.39 is 0 Å². The van der Waals surface area contributed by atoms with Crippen LogP contribution in [0, 0.1) is 0 Å². The zero-order valence-corrected chi connectivity index (χ0v) is 13.5. The van der Waals surface area contributed by atoms with Crippen molar-refractivity contribution in [3.63, 3.8) is 0 Å². The van der Waals surface area contributed by atoms with Gasteiger partial charge in [-0.1, -0.05) is 28.1 Å². The molecule has 2 N–H and O–H groups in total. The van der Waals surface area contributed by atoms with Crippen LogP contribution in [0.1, 0.15) is 31.9 Å². The Kier molecular flexibility index (Phi) is 4.66. The molecule has 1 aliphatic heterocycles. The van der Waals surface area contributed by atoms with Crippen LogP contribution >= 0.6 is 15.9 Å². The van der Waals surface area contributed by atoms with Gasteiger partial charge in [0.05, 0.1) is 11.7 Å². The third kappa shape index (κ3) is 4.02. The first kappa shape index (κ1) is 15.0. The highest BCUT2D eigenvalue weighted by Crippen LogP contribution is 2.25. The molecular formula is C15H23BrN2O. The second kappa shape index (κ2) is 5.92. The minimum atomic E-state index is -0.0681. The predicted octanol–water partition coefficient (Wildman–Crippen LogP) is 2.91. The highest BCUT2D eigenvalue weighted by molar-refractivity contribution is 9.10. The summed E-state index contributed by atoms with van der Waals surface area (Å²) >= 11 is 3.64. The van der Waals surface area contributed by atoms with E-state index in [2.05, 4.69) is 59.8 Å². The van der Waals surface area contributed by atoms with Gasteiger partial charge in [0.15, 0.2) is 0 Å². The van der Waals surface area contributed by atoms with E-state index in [1.165, 1.54) is 5.56 Å². The van der Waals surface area contributed by atoms with Crippen molar-refractivity contribution in [2.75, 3.05) is 13.1 Å². The third-order valence-corrected chi connectivity index (χ3v) is 4.13. The predicted molar refractivity (Wildman–Crippen MR) is 81.9 cm³/mol. The summed E-state index contributed by atoms with van der Waals surface area (Å²) < 4.78 is 7.08. The smallest absolute Gasteiger partial charge is 0.0757 e. The number of nitrogens with zero attached hydrogens (tertiary/aromatic N) is 1. The number of rotatable bonds is 3. The molecule has 19 heavy (non-hydrogen) atoms. The number of ether oxygens (including phenoxy) is 1. The second-order valence-corrected chi connectivity index (χ2v) is 6.84. The summed E-state index contributed by atoms with van der Waals surface area (Å²) in [5.41, 5.74) is 8.06. The quantitative estimate of drug-likeness (QED) is 0.928. The molecule has 1 heterocycles. The summed E-state index contributed by atoms with van der Waals surface area (Å²) in [5, 5.41) is 0. The van der Waals surface area contributed by atoms with Crippen molar-refractivity contribution in [3.05, 3.63) is 33.8 Å². The maximum atomic E-state index is 5.94. The van der Waals surface area contributed by atoms with Crippen molar-refractivity contribution >= 4 is 15.9 Å². The van der Waals surface area contributed by atoms with Crippen molar-refractivity contribution in [1.29, 1.82) is 0 Å². The summed E-state index contributed by atoms with van der Waals surface area (Å²) in [4.78, 5) is 2.45. The molecule has 1 fully saturated rings. The fraction of sp³-hybridized carbons (Fsp3) is 0.600. The van der Waals surface area contributed by atoms with Gasteiger partial charge in [0.25, 0.3) is 0 Å². The summed E-state index contributed by atoms with van der Waals surface area (Å²) in [6.45, 7) is 9.92. The lowest BCUT2D eigenvalue weighted by atomic mass is 10.0. The van der Waals surface area contributed by atoms with Gasteiger partial charge in [-0.25, -0.2) is 0 Å². The number of hydrogen-bond acceptors (Lipinski definition) is 3. The van der Waals surface area contributed by atoms with Gasteiger partial charge in [0.2, 0.25) is 0 Å². The van der Waals surface area contributed by atoms with Crippen molar-refractivity contribution in [2.24, 2.45) is 5.73 Å². The molecular weight excluding hydrogens is 304 g/mol. The molecule has 0 amide bonds. The van der Waals surface area contributed by atoms with Gasteiger partial charge in [0, 0.05) is 30.7 Å². The Balaban J connectivity index is 2.08. The van der Waals surface area contributed by atoms with Gasteiger partial charge >= 0.3 is 0 Å². The molecule has 1 aliphatic rings. The molecule has 106 valence electrons. The minimum absolute atomic E-state index is 0.0681. The Labute approximate surface area is 124 Å². The Hall–Kier alpha value is -0.420. The van der Waals surface area contributed by atoms with Crippen LogP contribution in [0.3, 0.4) is 0 Å². The maximum Gasteiger partial charge on any atom is 0.0757 e. The fourth-order valence-corrected chi connectivity index (χ4v) is 3.34. The Morgan fingerprint density at radius 1 is 1.47 bits per heavy atom. The van der Waals surface area contributed by atoms with E-state index in [1.807, 2.05) is 0 Å². The molecule has 1 unspecified atom stereocenters. The van der Waals surface area contributed by atoms with E-state index in [0.29, 0.717) is 6.54 Å². The second-order valence-electron chi connectivity index (χ2n) is 5.99. The lowest BCUT2D eigenvalue weighted by Gasteiger charge is -2.41. The van der Waals surface area contributed by atoms with Crippen molar-refractivity contribution in [1.82, 2.24) is 4.90 Å². The number of nitrogens with two attached hydrogens (primary N) is 1. The monoisotopic (exact) mass is 326 g/mol. The summed E-state index contributed by atoms with van der Waals surface area (Å²) in [6.07, 6.45) is 0.283. The first-order valence-electron chi connectivity index (χ1n) is 6.77. The largest absolute Gasteiger partial charge is 0.370 e. The Morgan fingerprint density at radius 3 is 2.79 bits per heavy atom. The molecule has 0 spiro atoms. The van der Waals surface area contributed by atoms with Crippen molar-refractivity contribution in [3.8, 4) is 0 Å². The van der Waals surface area contributed by atoms with Gasteiger partial charge in [-0.15, -0.1) is 0 Å². The SMILES string of the molecule is CC1CN(Cc2ccc(CN)cc2Br)CC(C)(C)O1. The molecule has 0 saturated carbocycles.